The predicted octanol–water partition coefficient (Wildman–Crippen LogP) is 3.52. The molecule has 0 aliphatic heterocycles. The van der Waals surface area contributed by atoms with Gasteiger partial charge in [-0.05, 0) is 46.5 Å². The normalized spacial score (nSPS) is 11.3. The fourth-order valence-corrected chi connectivity index (χ4v) is 3.15. The molecule has 0 saturated heterocycles. The van der Waals surface area contributed by atoms with Gasteiger partial charge in [0.1, 0.15) is 5.84 Å². The van der Waals surface area contributed by atoms with Crippen molar-refractivity contribution < 1.29 is 9.90 Å². The van der Waals surface area contributed by atoms with E-state index < -0.39 is 5.97 Å². The van der Waals surface area contributed by atoms with E-state index >= 15 is 0 Å². The van der Waals surface area contributed by atoms with Crippen molar-refractivity contribution in [3.8, 4) is 11.1 Å². The van der Waals surface area contributed by atoms with Gasteiger partial charge in [0.25, 0.3) is 0 Å². The molecule has 0 aliphatic rings. The number of hydrogen-bond acceptors (Lipinski definition) is 4. The van der Waals surface area contributed by atoms with Crippen molar-refractivity contribution in [2.24, 2.45) is 16.5 Å². The zero-order valence-electron chi connectivity index (χ0n) is 16.2. The van der Waals surface area contributed by atoms with Crippen LogP contribution in [0.2, 0.25) is 0 Å². The van der Waals surface area contributed by atoms with Crippen molar-refractivity contribution in [3.05, 3.63) is 83.4 Å². The molecule has 0 aliphatic carbocycles. The number of carbonyl (C=O) groups is 1. The monoisotopic (exact) mass is 388 g/mol. The Morgan fingerprint density at radius 1 is 1.03 bits per heavy atom. The Bertz CT molecular complexity index is 1060. The van der Waals surface area contributed by atoms with Gasteiger partial charge in [-0.3, -0.25) is 4.79 Å². The largest absolute Gasteiger partial charge is 0.481 e. The van der Waals surface area contributed by atoms with Crippen LogP contribution in [-0.2, 0) is 17.8 Å². The number of carboxylic acid groups (broad SMARTS) is 1. The highest BCUT2D eigenvalue weighted by Crippen LogP contribution is 2.27. The van der Waals surface area contributed by atoms with Crippen LogP contribution in [0.5, 0.6) is 0 Å². The van der Waals surface area contributed by atoms with Crippen LogP contribution in [0.1, 0.15) is 16.7 Å². The van der Waals surface area contributed by atoms with E-state index in [-0.39, 0.29) is 6.42 Å². The number of nitrogens with one attached hydrogen (secondary N) is 1. The molecule has 3 aromatic rings. The average Bonchev–Trinajstić information content (AvgIpc) is 2.74. The first-order valence-electron chi connectivity index (χ1n) is 9.27. The summed E-state index contributed by atoms with van der Waals surface area (Å²) in [7, 11) is 1.82. The smallest absolute Gasteiger partial charge is 0.307 e. The van der Waals surface area contributed by atoms with Gasteiger partial charge in [-0.2, -0.15) is 0 Å². The number of rotatable bonds is 7. The third-order valence-corrected chi connectivity index (χ3v) is 4.64. The lowest BCUT2D eigenvalue weighted by atomic mass is 9.99. The molecule has 3 rings (SSSR count). The van der Waals surface area contributed by atoms with E-state index in [0.29, 0.717) is 23.6 Å². The molecule has 0 radical (unpaired) electrons. The van der Waals surface area contributed by atoms with E-state index in [9.17, 15) is 4.79 Å². The van der Waals surface area contributed by atoms with Gasteiger partial charge in [0.2, 0.25) is 0 Å². The number of amidine groups is 1. The maximum atomic E-state index is 11.1. The first-order valence-corrected chi connectivity index (χ1v) is 9.27. The maximum Gasteiger partial charge on any atom is 0.307 e. The van der Waals surface area contributed by atoms with Gasteiger partial charge in [-0.1, -0.05) is 42.5 Å². The Kier molecular flexibility index (Phi) is 6.26. The van der Waals surface area contributed by atoms with Crippen LogP contribution in [0, 0.1) is 0 Å². The molecule has 29 heavy (non-hydrogen) atoms. The molecule has 6 heteroatoms. The first kappa shape index (κ1) is 20.1. The van der Waals surface area contributed by atoms with E-state index in [1.54, 1.807) is 18.2 Å². The Morgan fingerprint density at radius 2 is 1.79 bits per heavy atom. The van der Waals surface area contributed by atoms with Gasteiger partial charge < -0.3 is 21.9 Å². The van der Waals surface area contributed by atoms with E-state index in [1.807, 2.05) is 55.6 Å². The number of anilines is 1. The fraction of sp³-hybridized carbons (Fsp3) is 0.130. The fourth-order valence-electron chi connectivity index (χ4n) is 3.15. The Morgan fingerprint density at radius 3 is 2.52 bits per heavy atom. The summed E-state index contributed by atoms with van der Waals surface area (Å²) >= 11 is 0. The van der Waals surface area contributed by atoms with Crippen LogP contribution < -0.4 is 16.8 Å². The number of hydrogen-bond donors (Lipinski definition) is 4. The number of para-hydroxylation sites is 1. The zero-order chi connectivity index (χ0) is 20.8. The molecule has 0 amide bonds. The number of aliphatic carboxylic acids is 1. The average molecular weight is 388 g/mol. The lowest BCUT2D eigenvalue weighted by Crippen LogP contribution is -2.15. The quantitative estimate of drug-likeness (QED) is 0.365. The van der Waals surface area contributed by atoms with E-state index in [0.717, 1.165) is 27.9 Å². The summed E-state index contributed by atoms with van der Waals surface area (Å²) in [5.74, 6) is -0.604. The number of nitrogens with zero attached hydrogens (tertiary/aromatic N) is 1. The molecule has 3 aromatic carbocycles. The lowest BCUT2D eigenvalue weighted by molar-refractivity contribution is -0.136. The third-order valence-electron chi connectivity index (χ3n) is 4.64. The number of aliphatic imine (C=N–C) groups is 1. The number of carboxylic acids is 1. The number of benzene rings is 3. The summed E-state index contributed by atoms with van der Waals surface area (Å²) in [4.78, 5) is 15.7. The molecule has 0 heterocycles. The summed E-state index contributed by atoms with van der Waals surface area (Å²) in [5, 5.41) is 12.3. The molecule has 0 fully saturated rings. The molecular weight excluding hydrogens is 364 g/mol. The zero-order valence-corrected chi connectivity index (χ0v) is 16.2. The minimum Gasteiger partial charge on any atom is -0.481 e. The highest BCUT2D eigenvalue weighted by atomic mass is 16.4. The van der Waals surface area contributed by atoms with Crippen LogP contribution in [0.25, 0.3) is 11.1 Å². The lowest BCUT2D eigenvalue weighted by Gasteiger charge is -2.13. The first-order chi connectivity index (χ1) is 14.0. The summed E-state index contributed by atoms with van der Waals surface area (Å²) in [5.41, 5.74) is 17.9. The Labute approximate surface area is 169 Å². The molecule has 0 unspecified atom stereocenters. The Balaban J connectivity index is 2.05. The van der Waals surface area contributed by atoms with Gasteiger partial charge >= 0.3 is 5.97 Å². The maximum absolute atomic E-state index is 11.1. The number of nitrogens with two attached hydrogens (primary N) is 2. The molecule has 0 atom stereocenters. The van der Waals surface area contributed by atoms with E-state index in [2.05, 4.69) is 10.3 Å². The SMILES string of the molecule is CNc1ccc(-c2cccc(CN)c2)cc1C(N)=Nc1ccccc1CC(=O)O. The second-order valence-electron chi connectivity index (χ2n) is 6.61. The van der Waals surface area contributed by atoms with Crippen LogP contribution >= 0.6 is 0 Å². The molecule has 148 valence electrons. The molecule has 6 nitrogen and oxygen atoms in total. The van der Waals surface area contributed by atoms with Crippen molar-refractivity contribution in [1.82, 2.24) is 0 Å². The molecule has 0 saturated carbocycles. The van der Waals surface area contributed by atoms with Crippen molar-refractivity contribution in [1.29, 1.82) is 0 Å². The second-order valence-corrected chi connectivity index (χ2v) is 6.61. The Hall–Kier alpha value is -3.64. The van der Waals surface area contributed by atoms with Gasteiger partial charge in [0.15, 0.2) is 0 Å². The molecule has 0 bridgehead atoms. The second kappa shape index (κ2) is 9.03. The highest BCUT2D eigenvalue weighted by molar-refractivity contribution is 6.05. The predicted molar refractivity (Wildman–Crippen MR) is 117 cm³/mol. The van der Waals surface area contributed by atoms with Crippen LogP contribution in [0.4, 0.5) is 11.4 Å². The topological polar surface area (TPSA) is 114 Å². The van der Waals surface area contributed by atoms with Crippen LogP contribution in [-0.4, -0.2) is 24.0 Å². The van der Waals surface area contributed by atoms with Crippen molar-refractivity contribution in [3.63, 3.8) is 0 Å². The van der Waals surface area contributed by atoms with Gasteiger partial charge in [0.05, 0.1) is 12.1 Å². The van der Waals surface area contributed by atoms with Crippen molar-refractivity contribution in [2.45, 2.75) is 13.0 Å². The standard InChI is InChI=1S/C23H24N4O2/c1-26-21-10-9-17(16-7-4-5-15(11-16)14-24)12-19(21)23(25)27-20-8-3-2-6-18(20)13-22(28)29/h2-12,26H,13-14,24H2,1H3,(H2,25,27)(H,28,29). The summed E-state index contributed by atoms with van der Waals surface area (Å²) in [6, 6.07) is 21.1. The molecular formula is C23H24N4O2. The molecule has 6 N–H and O–H groups in total. The van der Waals surface area contributed by atoms with Gasteiger partial charge in [0, 0.05) is 24.8 Å². The highest BCUT2D eigenvalue weighted by Gasteiger charge is 2.11. The third kappa shape index (κ3) is 4.80. The van der Waals surface area contributed by atoms with E-state index in [1.165, 1.54) is 0 Å². The minimum atomic E-state index is -0.913. The van der Waals surface area contributed by atoms with Crippen LogP contribution in [0.3, 0.4) is 0 Å². The molecule has 0 aromatic heterocycles. The van der Waals surface area contributed by atoms with Gasteiger partial charge in [-0.25, -0.2) is 4.99 Å². The van der Waals surface area contributed by atoms with Crippen molar-refractivity contribution >= 4 is 23.2 Å². The summed E-state index contributed by atoms with van der Waals surface area (Å²) < 4.78 is 0. The minimum absolute atomic E-state index is 0.113. The summed E-state index contributed by atoms with van der Waals surface area (Å²) in [6.07, 6.45) is -0.113. The van der Waals surface area contributed by atoms with E-state index in [4.69, 9.17) is 16.6 Å². The van der Waals surface area contributed by atoms with Crippen molar-refractivity contribution in [2.75, 3.05) is 12.4 Å². The summed E-state index contributed by atoms with van der Waals surface area (Å²) in [6.45, 7) is 0.471. The van der Waals surface area contributed by atoms with Gasteiger partial charge in [-0.15, -0.1) is 0 Å². The molecule has 0 spiro atoms. The van der Waals surface area contributed by atoms with Crippen LogP contribution in [0.15, 0.2) is 71.7 Å².